The molecular formula is C12H26O3Si. The third kappa shape index (κ3) is 4.66. The highest BCUT2D eigenvalue weighted by Gasteiger charge is 2.39. The largest absolute Gasteiger partial charge is 0.469 e. The maximum Gasteiger partial charge on any atom is 0.308 e. The van der Waals surface area contributed by atoms with Crippen LogP contribution in [0.15, 0.2) is 0 Å². The fraction of sp³-hybridized carbons (Fsp3) is 0.917. The molecule has 0 saturated carbocycles. The van der Waals surface area contributed by atoms with Gasteiger partial charge in [0.2, 0.25) is 0 Å². The first-order chi connectivity index (χ1) is 7.14. The standard InChI is InChI=1S/C12H26O3Si/c1-8-10(9-11(13)14-5)15-16(6,7)12(2,3)4/h10H,8-9H2,1-7H3/t10-/m1/s1. The normalized spacial score (nSPS) is 14.7. The molecule has 0 rings (SSSR count). The Morgan fingerprint density at radius 2 is 1.81 bits per heavy atom. The fourth-order valence-electron chi connectivity index (χ4n) is 1.13. The highest BCUT2D eigenvalue weighted by molar-refractivity contribution is 6.74. The summed E-state index contributed by atoms with van der Waals surface area (Å²) in [6, 6.07) is 0. The summed E-state index contributed by atoms with van der Waals surface area (Å²) < 4.78 is 10.8. The Bertz CT molecular complexity index is 231. The van der Waals surface area contributed by atoms with E-state index in [2.05, 4.69) is 38.6 Å². The van der Waals surface area contributed by atoms with E-state index in [0.717, 1.165) is 6.42 Å². The molecule has 16 heavy (non-hydrogen) atoms. The van der Waals surface area contributed by atoms with Gasteiger partial charge in [0.25, 0.3) is 0 Å². The van der Waals surface area contributed by atoms with Gasteiger partial charge in [-0.25, -0.2) is 0 Å². The van der Waals surface area contributed by atoms with Crippen LogP contribution in [0.4, 0.5) is 0 Å². The molecule has 0 aromatic rings. The van der Waals surface area contributed by atoms with Gasteiger partial charge >= 0.3 is 5.97 Å². The number of esters is 1. The zero-order valence-electron chi connectivity index (χ0n) is 11.7. The van der Waals surface area contributed by atoms with Crippen molar-refractivity contribution in [3.8, 4) is 0 Å². The van der Waals surface area contributed by atoms with E-state index < -0.39 is 8.32 Å². The van der Waals surface area contributed by atoms with Crippen molar-refractivity contribution >= 4 is 14.3 Å². The van der Waals surface area contributed by atoms with Crippen molar-refractivity contribution in [2.45, 2.75) is 64.8 Å². The van der Waals surface area contributed by atoms with Gasteiger partial charge in [0.15, 0.2) is 8.32 Å². The number of methoxy groups -OCH3 is 1. The highest BCUT2D eigenvalue weighted by atomic mass is 28.4. The summed E-state index contributed by atoms with van der Waals surface area (Å²) in [6.07, 6.45) is 1.20. The Labute approximate surface area is 101 Å². The molecule has 0 aromatic carbocycles. The van der Waals surface area contributed by atoms with E-state index in [1.165, 1.54) is 7.11 Å². The Kier molecular flexibility index (Phi) is 5.69. The van der Waals surface area contributed by atoms with Crippen LogP contribution in [0.5, 0.6) is 0 Å². The van der Waals surface area contributed by atoms with Gasteiger partial charge < -0.3 is 9.16 Å². The van der Waals surface area contributed by atoms with Gasteiger partial charge in [0.1, 0.15) is 0 Å². The van der Waals surface area contributed by atoms with Crippen LogP contribution in [-0.4, -0.2) is 27.5 Å². The van der Waals surface area contributed by atoms with Crippen molar-refractivity contribution in [1.29, 1.82) is 0 Å². The first kappa shape index (κ1) is 15.6. The van der Waals surface area contributed by atoms with Crippen LogP contribution in [-0.2, 0) is 14.0 Å². The average molecular weight is 246 g/mol. The molecule has 4 heteroatoms. The van der Waals surface area contributed by atoms with Crippen molar-refractivity contribution in [2.75, 3.05) is 7.11 Å². The van der Waals surface area contributed by atoms with E-state index in [1.807, 2.05) is 6.92 Å². The summed E-state index contributed by atoms with van der Waals surface area (Å²) >= 11 is 0. The lowest BCUT2D eigenvalue weighted by molar-refractivity contribution is -0.142. The molecule has 0 saturated heterocycles. The lowest BCUT2D eigenvalue weighted by atomic mass is 10.2. The molecule has 0 aliphatic heterocycles. The minimum absolute atomic E-state index is 0.00617. The maximum atomic E-state index is 11.2. The molecule has 0 aromatic heterocycles. The molecule has 0 aliphatic carbocycles. The highest BCUT2D eigenvalue weighted by Crippen LogP contribution is 2.37. The minimum Gasteiger partial charge on any atom is -0.469 e. The lowest BCUT2D eigenvalue weighted by Gasteiger charge is -2.38. The summed E-state index contributed by atoms with van der Waals surface area (Å²) in [6.45, 7) is 13.0. The summed E-state index contributed by atoms with van der Waals surface area (Å²) in [5, 5.41) is 0.177. The van der Waals surface area contributed by atoms with Crippen molar-refractivity contribution in [2.24, 2.45) is 0 Å². The Morgan fingerprint density at radius 1 is 1.31 bits per heavy atom. The number of hydrogen-bond donors (Lipinski definition) is 0. The molecule has 96 valence electrons. The van der Waals surface area contributed by atoms with Gasteiger partial charge in [-0.1, -0.05) is 27.7 Å². The van der Waals surface area contributed by atoms with Crippen molar-refractivity contribution in [1.82, 2.24) is 0 Å². The number of carbonyl (C=O) groups is 1. The summed E-state index contributed by atoms with van der Waals surface area (Å²) in [5.74, 6) is -0.189. The third-order valence-electron chi connectivity index (χ3n) is 3.34. The zero-order chi connectivity index (χ0) is 13.0. The van der Waals surface area contributed by atoms with Crippen molar-refractivity contribution in [3.63, 3.8) is 0 Å². The molecule has 1 atom stereocenters. The first-order valence-electron chi connectivity index (χ1n) is 5.88. The predicted molar refractivity (Wildman–Crippen MR) is 69.0 cm³/mol. The van der Waals surface area contributed by atoms with Crippen LogP contribution in [0.2, 0.25) is 18.1 Å². The SMILES string of the molecule is CC[C@H](CC(=O)OC)O[Si](C)(C)C(C)(C)C. The van der Waals surface area contributed by atoms with Crippen LogP contribution in [0.1, 0.15) is 40.5 Å². The van der Waals surface area contributed by atoms with Crippen LogP contribution in [0.25, 0.3) is 0 Å². The molecule has 0 heterocycles. The number of carbonyl (C=O) groups excluding carboxylic acids is 1. The summed E-state index contributed by atoms with van der Waals surface area (Å²) in [5.41, 5.74) is 0. The summed E-state index contributed by atoms with van der Waals surface area (Å²) in [7, 11) is -0.358. The second-order valence-electron chi connectivity index (χ2n) is 5.69. The van der Waals surface area contributed by atoms with E-state index in [-0.39, 0.29) is 17.1 Å². The topological polar surface area (TPSA) is 35.5 Å². The molecule has 0 fully saturated rings. The molecule has 0 amide bonds. The Morgan fingerprint density at radius 3 is 2.12 bits per heavy atom. The van der Waals surface area contributed by atoms with Crippen LogP contribution in [0.3, 0.4) is 0 Å². The van der Waals surface area contributed by atoms with E-state index in [1.54, 1.807) is 0 Å². The number of ether oxygens (including phenoxy) is 1. The first-order valence-corrected chi connectivity index (χ1v) is 8.79. The molecule has 0 aliphatic rings. The van der Waals surface area contributed by atoms with Crippen LogP contribution in [0, 0.1) is 0 Å². The molecular weight excluding hydrogens is 220 g/mol. The summed E-state index contributed by atoms with van der Waals surface area (Å²) in [4.78, 5) is 11.2. The smallest absolute Gasteiger partial charge is 0.308 e. The number of rotatable bonds is 5. The van der Waals surface area contributed by atoms with E-state index >= 15 is 0 Å². The fourth-order valence-corrected chi connectivity index (χ4v) is 2.57. The van der Waals surface area contributed by atoms with E-state index in [4.69, 9.17) is 4.43 Å². The van der Waals surface area contributed by atoms with Gasteiger partial charge in [-0.15, -0.1) is 0 Å². The molecule has 0 N–H and O–H groups in total. The number of hydrogen-bond acceptors (Lipinski definition) is 3. The van der Waals surface area contributed by atoms with Crippen LogP contribution < -0.4 is 0 Å². The van der Waals surface area contributed by atoms with Crippen LogP contribution >= 0.6 is 0 Å². The van der Waals surface area contributed by atoms with Gasteiger partial charge in [0, 0.05) is 0 Å². The predicted octanol–water partition coefficient (Wildman–Crippen LogP) is 3.35. The molecule has 0 radical (unpaired) electrons. The van der Waals surface area contributed by atoms with Crippen molar-refractivity contribution in [3.05, 3.63) is 0 Å². The Hall–Kier alpha value is -0.353. The molecule has 0 spiro atoms. The van der Waals surface area contributed by atoms with Gasteiger partial charge in [-0.2, -0.15) is 0 Å². The minimum atomic E-state index is -1.78. The van der Waals surface area contributed by atoms with Gasteiger partial charge in [0.05, 0.1) is 19.6 Å². The molecule has 3 nitrogen and oxygen atoms in total. The quantitative estimate of drug-likeness (QED) is 0.551. The second kappa shape index (κ2) is 5.82. The molecule has 0 unspecified atom stereocenters. The lowest BCUT2D eigenvalue weighted by Crippen LogP contribution is -2.44. The average Bonchev–Trinajstić information content (AvgIpc) is 2.14. The molecule has 0 bridgehead atoms. The monoisotopic (exact) mass is 246 g/mol. The van der Waals surface area contributed by atoms with Crippen molar-refractivity contribution < 1.29 is 14.0 Å². The zero-order valence-corrected chi connectivity index (χ0v) is 12.7. The van der Waals surface area contributed by atoms with E-state index in [0.29, 0.717) is 6.42 Å². The second-order valence-corrected chi connectivity index (χ2v) is 10.4. The maximum absolute atomic E-state index is 11.2. The van der Waals surface area contributed by atoms with Gasteiger partial charge in [-0.3, -0.25) is 4.79 Å². The van der Waals surface area contributed by atoms with Gasteiger partial charge in [-0.05, 0) is 24.6 Å². The Balaban J connectivity index is 4.48. The third-order valence-corrected chi connectivity index (χ3v) is 7.88. The van der Waals surface area contributed by atoms with E-state index in [9.17, 15) is 4.79 Å².